The highest BCUT2D eigenvalue weighted by Gasteiger charge is 2.31. The number of carbonyl (C=O) groups excluding carboxylic acids is 1. The number of benzene rings is 1. The van der Waals surface area contributed by atoms with Crippen molar-refractivity contribution in [2.75, 3.05) is 11.1 Å². The molecule has 0 saturated heterocycles. The number of carbonyl (C=O) groups is 1. The van der Waals surface area contributed by atoms with Gasteiger partial charge in [0, 0.05) is 13.5 Å². The molecule has 2 rings (SSSR count). The molecule has 10 heteroatoms. The van der Waals surface area contributed by atoms with E-state index in [4.69, 9.17) is 11.6 Å². The maximum absolute atomic E-state index is 12.7. The quantitative estimate of drug-likeness (QED) is 0.804. The van der Waals surface area contributed by atoms with Crippen molar-refractivity contribution in [2.45, 2.75) is 24.7 Å². The highest BCUT2D eigenvalue weighted by Crippen LogP contribution is 2.33. The van der Waals surface area contributed by atoms with Gasteiger partial charge in [-0.1, -0.05) is 30.3 Å². The summed E-state index contributed by atoms with van der Waals surface area (Å²) in [4.78, 5) is 12.0. The third kappa shape index (κ3) is 4.41. The van der Waals surface area contributed by atoms with E-state index in [1.54, 1.807) is 11.6 Å². The van der Waals surface area contributed by atoms with Gasteiger partial charge >= 0.3 is 6.18 Å². The Morgan fingerprint density at radius 1 is 1.38 bits per heavy atom. The van der Waals surface area contributed by atoms with E-state index in [9.17, 15) is 18.0 Å². The number of anilines is 1. The van der Waals surface area contributed by atoms with Crippen molar-refractivity contribution in [3.63, 3.8) is 0 Å². The van der Waals surface area contributed by atoms with Crippen molar-refractivity contribution in [2.24, 2.45) is 7.05 Å². The van der Waals surface area contributed by atoms with E-state index < -0.39 is 17.6 Å². The Hall–Kier alpha value is -1.74. The molecule has 0 radical (unpaired) electrons. The number of nitrogens with one attached hydrogen (secondary N) is 1. The first-order valence-electron chi connectivity index (χ1n) is 6.90. The molecule has 0 saturated carbocycles. The van der Waals surface area contributed by atoms with Crippen LogP contribution < -0.4 is 5.32 Å². The first-order chi connectivity index (χ1) is 11.2. The lowest BCUT2D eigenvalue weighted by atomic mass is 10.2. The molecule has 0 bridgehead atoms. The molecule has 1 heterocycles. The van der Waals surface area contributed by atoms with Gasteiger partial charge in [0.25, 0.3) is 0 Å². The largest absolute Gasteiger partial charge is 0.416 e. The zero-order valence-corrected chi connectivity index (χ0v) is 14.4. The molecule has 1 aromatic heterocycles. The Labute approximate surface area is 145 Å². The molecule has 1 aromatic carbocycles. The van der Waals surface area contributed by atoms with Gasteiger partial charge in [-0.15, -0.1) is 10.2 Å². The number of alkyl halides is 3. The second-order valence-corrected chi connectivity index (χ2v) is 6.19. The zero-order valence-electron chi connectivity index (χ0n) is 12.8. The third-order valence-corrected chi connectivity index (χ3v) is 4.49. The number of thioether (sulfide) groups is 1. The SMILES string of the molecule is CCc1nnc(SCC(=O)Nc2cc(C(F)(F)F)ccc2Cl)n1C. The number of aryl methyl sites for hydroxylation is 1. The summed E-state index contributed by atoms with van der Waals surface area (Å²) in [7, 11) is 1.78. The normalized spacial score (nSPS) is 11.6. The van der Waals surface area contributed by atoms with E-state index in [1.807, 2.05) is 6.92 Å². The predicted molar refractivity (Wildman–Crippen MR) is 86.2 cm³/mol. The lowest BCUT2D eigenvalue weighted by molar-refractivity contribution is -0.137. The monoisotopic (exact) mass is 378 g/mol. The fraction of sp³-hybridized carbons (Fsp3) is 0.357. The zero-order chi connectivity index (χ0) is 17.9. The molecular weight excluding hydrogens is 365 g/mol. The Morgan fingerprint density at radius 2 is 2.08 bits per heavy atom. The summed E-state index contributed by atoms with van der Waals surface area (Å²) >= 11 is 6.98. The van der Waals surface area contributed by atoms with Gasteiger partial charge in [0.15, 0.2) is 5.16 Å². The van der Waals surface area contributed by atoms with Gasteiger partial charge in [-0.05, 0) is 18.2 Å². The van der Waals surface area contributed by atoms with Gasteiger partial charge in [0.2, 0.25) is 5.91 Å². The van der Waals surface area contributed by atoms with Crippen molar-refractivity contribution < 1.29 is 18.0 Å². The van der Waals surface area contributed by atoms with Gasteiger partial charge in [0.05, 0.1) is 22.0 Å². The second-order valence-electron chi connectivity index (χ2n) is 4.84. The van der Waals surface area contributed by atoms with Crippen LogP contribution >= 0.6 is 23.4 Å². The topological polar surface area (TPSA) is 59.8 Å². The van der Waals surface area contributed by atoms with Crippen LogP contribution in [0.4, 0.5) is 18.9 Å². The minimum atomic E-state index is -4.51. The number of rotatable bonds is 5. The third-order valence-electron chi connectivity index (χ3n) is 3.14. The van der Waals surface area contributed by atoms with Gasteiger partial charge in [-0.2, -0.15) is 13.2 Å². The molecule has 2 aromatic rings. The molecule has 0 aliphatic heterocycles. The number of amides is 1. The number of halogens is 4. The van der Waals surface area contributed by atoms with Gasteiger partial charge in [-0.3, -0.25) is 4.79 Å². The number of aromatic nitrogens is 3. The molecule has 24 heavy (non-hydrogen) atoms. The Morgan fingerprint density at radius 3 is 2.67 bits per heavy atom. The number of hydrogen-bond acceptors (Lipinski definition) is 4. The molecule has 0 aliphatic rings. The standard InChI is InChI=1S/C14H14ClF3N4OS/c1-3-11-20-21-13(22(11)2)24-7-12(23)19-10-6-8(14(16,17)18)4-5-9(10)15/h4-6H,3,7H2,1-2H3,(H,19,23). The minimum Gasteiger partial charge on any atom is -0.324 e. The summed E-state index contributed by atoms with van der Waals surface area (Å²) in [6.45, 7) is 1.93. The molecule has 130 valence electrons. The molecule has 1 N–H and O–H groups in total. The molecule has 5 nitrogen and oxygen atoms in total. The van der Waals surface area contributed by atoms with Crippen LogP contribution in [0.15, 0.2) is 23.4 Å². The molecule has 0 aliphatic carbocycles. The smallest absolute Gasteiger partial charge is 0.324 e. The van der Waals surface area contributed by atoms with Gasteiger partial charge in [-0.25, -0.2) is 0 Å². The molecule has 0 fully saturated rings. The van der Waals surface area contributed by atoms with Crippen LogP contribution in [0.2, 0.25) is 5.02 Å². The van der Waals surface area contributed by atoms with Gasteiger partial charge in [0.1, 0.15) is 5.82 Å². The van der Waals surface area contributed by atoms with Crippen LogP contribution in [-0.2, 0) is 24.4 Å². The maximum atomic E-state index is 12.7. The number of hydrogen-bond donors (Lipinski definition) is 1. The lowest BCUT2D eigenvalue weighted by Gasteiger charge is -2.11. The van der Waals surface area contributed by atoms with E-state index in [1.165, 1.54) is 0 Å². The molecular formula is C14H14ClF3N4OS. The van der Waals surface area contributed by atoms with E-state index in [0.29, 0.717) is 11.6 Å². The average molecular weight is 379 g/mol. The molecule has 0 unspecified atom stereocenters. The second kappa shape index (κ2) is 7.43. The Kier molecular flexibility index (Phi) is 5.76. The van der Waals surface area contributed by atoms with Crippen LogP contribution in [0.5, 0.6) is 0 Å². The van der Waals surface area contributed by atoms with Crippen LogP contribution in [0.25, 0.3) is 0 Å². The van der Waals surface area contributed by atoms with Crippen LogP contribution in [0.3, 0.4) is 0 Å². The predicted octanol–water partition coefficient (Wildman–Crippen LogP) is 3.78. The van der Waals surface area contributed by atoms with Crippen molar-refractivity contribution in [1.29, 1.82) is 0 Å². The summed E-state index contributed by atoms with van der Waals surface area (Å²) in [6, 6.07) is 2.77. The van der Waals surface area contributed by atoms with Crippen LogP contribution in [0.1, 0.15) is 18.3 Å². The summed E-state index contributed by atoms with van der Waals surface area (Å²) in [6.07, 6.45) is -3.80. The van der Waals surface area contributed by atoms with Crippen LogP contribution in [0, 0.1) is 0 Å². The first kappa shape index (κ1) is 18.6. The molecule has 0 atom stereocenters. The fourth-order valence-corrected chi connectivity index (χ4v) is 2.79. The number of nitrogens with zero attached hydrogens (tertiary/aromatic N) is 3. The summed E-state index contributed by atoms with van der Waals surface area (Å²) in [5, 5.41) is 10.9. The minimum absolute atomic E-state index is 0.0255. The van der Waals surface area contributed by atoms with E-state index in [2.05, 4.69) is 15.5 Å². The Balaban J connectivity index is 2.03. The van der Waals surface area contributed by atoms with Crippen molar-refractivity contribution in [3.8, 4) is 0 Å². The van der Waals surface area contributed by atoms with Crippen LogP contribution in [-0.4, -0.2) is 26.4 Å². The summed E-state index contributed by atoms with van der Waals surface area (Å²) in [5.74, 6) is 0.267. The first-order valence-corrected chi connectivity index (χ1v) is 8.26. The van der Waals surface area contributed by atoms with Crippen molar-refractivity contribution in [3.05, 3.63) is 34.6 Å². The molecule has 0 spiro atoms. The molecule has 1 amide bonds. The van der Waals surface area contributed by atoms with E-state index in [-0.39, 0.29) is 16.5 Å². The fourth-order valence-electron chi connectivity index (χ4n) is 1.89. The van der Waals surface area contributed by atoms with Crippen molar-refractivity contribution in [1.82, 2.24) is 14.8 Å². The van der Waals surface area contributed by atoms with E-state index >= 15 is 0 Å². The average Bonchev–Trinajstić information content (AvgIpc) is 2.86. The lowest BCUT2D eigenvalue weighted by Crippen LogP contribution is -2.16. The summed E-state index contributed by atoms with van der Waals surface area (Å²) in [5.41, 5.74) is -0.958. The van der Waals surface area contributed by atoms with Crippen molar-refractivity contribution >= 4 is 35.0 Å². The highest BCUT2D eigenvalue weighted by molar-refractivity contribution is 7.99. The van der Waals surface area contributed by atoms with E-state index in [0.717, 1.165) is 35.8 Å². The summed E-state index contributed by atoms with van der Waals surface area (Å²) < 4.78 is 39.9. The maximum Gasteiger partial charge on any atom is 0.416 e. The van der Waals surface area contributed by atoms with Gasteiger partial charge < -0.3 is 9.88 Å². The Bertz CT molecular complexity index is 748. The highest BCUT2D eigenvalue weighted by atomic mass is 35.5.